The van der Waals surface area contributed by atoms with E-state index >= 15 is 0 Å². The van der Waals surface area contributed by atoms with Crippen molar-refractivity contribution in [3.63, 3.8) is 0 Å². The van der Waals surface area contributed by atoms with Crippen LogP contribution in [0.5, 0.6) is 0 Å². The van der Waals surface area contributed by atoms with Crippen molar-refractivity contribution in [3.8, 4) is 0 Å². The predicted molar refractivity (Wildman–Crippen MR) is 135 cm³/mol. The van der Waals surface area contributed by atoms with Crippen LogP contribution in [0.15, 0.2) is 59.1 Å². The zero-order valence-corrected chi connectivity index (χ0v) is 19.4. The van der Waals surface area contributed by atoms with Gasteiger partial charge in [-0.3, -0.25) is 4.79 Å². The summed E-state index contributed by atoms with van der Waals surface area (Å²) >= 11 is 0. The van der Waals surface area contributed by atoms with Crippen molar-refractivity contribution in [1.29, 1.82) is 10.8 Å². The molecule has 8 nitrogen and oxygen atoms in total. The molecule has 2 rings (SSSR count). The summed E-state index contributed by atoms with van der Waals surface area (Å²) in [6.45, 7) is 3.19. The first-order valence-electron chi connectivity index (χ1n) is 10.5. The largest absolute Gasteiger partial charge is 0.398 e. The Labute approximate surface area is 201 Å². The van der Waals surface area contributed by atoms with Crippen LogP contribution in [0.2, 0.25) is 0 Å². The summed E-state index contributed by atoms with van der Waals surface area (Å²) in [5.74, 6) is 0.201. The van der Waals surface area contributed by atoms with E-state index in [1.807, 2.05) is 0 Å². The highest BCUT2D eigenvalue weighted by molar-refractivity contribution is 6.16. The Morgan fingerprint density at radius 2 is 1.94 bits per heavy atom. The molecule has 1 aromatic heterocycles. The minimum absolute atomic E-state index is 0.184. The van der Waals surface area contributed by atoms with Crippen molar-refractivity contribution in [2.24, 2.45) is 10.7 Å². The molecule has 1 aromatic carbocycles. The van der Waals surface area contributed by atoms with Crippen LogP contribution in [-0.4, -0.2) is 35.3 Å². The first kappa shape index (κ1) is 28.8. The lowest BCUT2D eigenvalue weighted by Crippen LogP contribution is -2.16. The molecule has 0 aliphatic heterocycles. The Hall–Kier alpha value is -4.28. The highest BCUT2D eigenvalue weighted by atomic mass is 19.4. The molecule has 0 saturated heterocycles. The van der Waals surface area contributed by atoms with Crippen molar-refractivity contribution in [3.05, 3.63) is 65.4 Å². The van der Waals surface area contributed by atoms with Crippen molar-refractivity contribution in [1.82, 2.24) is 4.98 Å². The van der Waals surface area contributed by atoms with Crippen LogP contribution >= 0.6 is 0 Å². The minimum Gasteiger partial charge on any atom is -0.398 e. The number of rotatable bonds is 8. The number of aliphatic imine (C=N–C) groups is 1. The third-order valence-corrected chi connectivity index (χ3v) is 4.18. The molecule has 7 N–H and O–H groups in total. The van der Waals surface area contributed by atoms with Gasteiger partial charge in [-0.05, 0) is 55.8 Å². The number of amides is 1. The average Bonchev–Trinajstić information content (AvgIpc) is 2.79. The van der Waals surface area contributed by atoms with Crippen molar-refractivity contribution in [2.45, 2.75) is 32.9 Å². The fraction of sp³-hybridized carbons (Fsp3) is 0.208. The zero-order chi connectivity index (χ0) is 26.4. The molecule has 0 fully saturated rings. The van der Waals surface area contributed by atoms with E-state index in [1.54, 1.807) is 61.5 Å². The van der Waals surface area contributed by atoms with E-state index in [-0.39, 0.29) is 17.8 Å². The number of alkyl halides is 3. The number of nitrogens with one attached hydrogen (secondary N) is 3. The number of anilines is 2. The summed E-state index contributed by atoms with van der Waals surface area (Å²) in [7, 11) is 0. The number of nitrogens with two attached hydrogens (primary N) is 2. The van der Waals surface area contributed by atoms with E-state index < -0.39 is 18.5 Å². The predicted octanol–water partition coefficient (Wildman–Crippen LogP) is 5.25. The van der Waals surface area contributed by atoms with Crippen LogP contribution in [0.3, 0.4) is 0 Å². The van der Waals surface area contributed by atoms with E-state index in [4.69, 9.17) is 22.3 Å². The fourth-order valence-corrected chi connectivity index (χ4v) is 2.48. The normalized spacial score (nSPS) is 12.0. The van der Waals surface area contributed by atoms with Gasteiger partial charge in [-0.25, -0.2) is 9.98 Å². The van der Waals surface area contributed by atoms with Gasteiger partial charge in [0, 0.05) is 30.1 Å². The number of amidine groups is 1. The standard InChI is InChI=1S/C20H21N7O.C4H7F3/c1-2-13(11-21)20(28)27-19-5-3-4-15(26-19)7-9-18(24)25-16-6-8-17(23)14(10-16)12-22;1-2-3-4(5,6)7/h2-12,21-22H,23H2,1H3,(H2,24,25)(H,26,27,28);2-3H2,1H3/b9-7+,13-2+,21-11?,22-12?;. The summed E-state index contributed by atoms with van der Waals surface area (Å²) in [6.07, 6.45) is 2.51. The van der Waals surface area contributed by atoms with Gasteiger partial charge in [-0.2, -0.15) is 13.2 Å². The van der Waals surface area contributed by atoms with Gasteiger partial charge in [0.15, 0.2) is 0 Å². The van der Waals surface area contributed by atoms with Crippen molar-refractivity contribution >= 4 is 47.4 Å². The van der Waals surface area contributed by atoms with Crippen LogP contribution < -0.4 is 16.8 Å². The molecule has 0 radical (unpaired) electrons. The third-order valence-electron chi connectivity index (χ3n) is 4.18. The lowest BCUT2D eigenvalue weighted by atomic mass is 10.2. The maximum Gasteiger partial charge on any atom is 0.389 e. The SMILES string of the molecule is C/C=C(\C=N)C(=O)Nc1cccc(/C=C/C(N)=Nc2ccc(N)c(C=N)c2)n1.CCCC(F)(F)F. The number of allylic oxidation sites excluding steroid dienone is 1. The Kier molecular flexibility index (Phi) is 11.6. The van der Waals surface area contributed by atoms with E-state index in [0.29, 0.717) is 28.5 Å². The molecule has 0 saturated carbocycles. The lowest BCUT2D eigenvalue weighted by molar-refractivity contribution is -0.134. The number of halogens is 3. The minimum atomic E-state index is -3.95. The summed E-state index contributed by atoms with van der Waals surface area (Å²) in [6, 6.07) is 10.2. The first-order chi connectivity index (χ1) is 16.5. The highest BCUT2D eigenvalue weighted by Gasteiger charge is 2.24. The average molecular weight is 488 g/mol. The molecule has 0 spiro atoms. The molecular weight excluding hydrogens is 459 g/mol. The van der Waals surface area contributed by atoms with Crippen LogP contribution in [-0.2, 0) is 4.79 Å². The summed E-state index contributed by atoms with van der Waals surface area (Å²) in [4.78, 5) is 20.5. The molecule has 0 aliphatic carbocycles. The van der Waals surface area contributed by atoms with Gasteiger partial charge in [0.1, 0.15) is 11.7 Å². The maximum atomic E-state index is 12.0. The number of nitrogens with zero attached hydrogens (tertiary/aromatic N) is 2. The van der Waals surface area contributed by atoms with Gasteiger partial charge in [0.2, 0.25) is 0 Å². The number of pyridine rings is 1. The Bertz CT molecular complexity index is 1120. The van der Waals surface area contributed by atoms with Gasteiger partial charge >= 0.3 is 6.18 Å². The molecule has 186 valence electrons. The van der Waals surface area contributed by atoms with E-state index in [1.165, 1.54) is 6.92 Å². The fourth-order valence-electron chi connectivity index (χ4n) is 2.48. The number of carbonyl (C=O) groups is 1. The number of hydrogen-bond donors (Lipinski definition) is 5. The zero-order valence-electron chi connectivity index (χ0n) is 19.4. The van der Waals surface area contributed by atoms with E-state index in [0.717, 1.165) is 12.4 Å². The van der Waals surface area contributed by atoms with E-state index in [9.17, 15) is 18.0 Å². The summed E-state index contributed by atoms with van der Waals surface area (Å²) in [5, 5.41) is 17.2. The molecular formula is C24H28F3N7O. The molecule has 1 amide bonds. The monoisotopic (exact) mass is 487 g/mol. The van der Waals surface area contributed by atoms with Gasteiger partial charge in [-0.1, -0.05) is 19.1 Å². The highest BCUT2D eigenvalue weighted by Crippen LogP contribution is 2.20. The van der Waals surface area contributed by atoms with Crippen LogP contribution in [0, 0.1) is 10.8 Å². The van der Waals surface area contributed by atoms with Crippen LogP contribution in [0.4, 0.5) is 30.4 Å². The number of nitrogen functional groups attached to an aromatic ring is 1. The quantitative estimate of drug-likeness (QED) is 0.149. The number of carbonyl (C=O) groups excluding carboxylic acids is 1. The second-order valence-electron chi connectivity index (χ2n) is 6.98. The molecule has 2 aromatic rings. The number of benzene rings is 1. The van der Waals surface area contributed by atoms with Crippen LogP contribution in [0.1, 0.15) is 37.9 Å². The number of aromatic nitrogens is 1. The lowest BCUT2D eigenvalue weighted by Gasteiger charge is -2.05. The van der Waals surface area contributed by atoms with E-state index in [2.05, 4.69) is 15.3 Å². The second-order valence-corrected chi connectivity index (χ2v) is 6.98. The van der Waals surface area contributed by atoms with Gasteiger partial charge < -0.3 is 27.6 Å². The van der Waals surface area contributed by atoms with Crippen LogP contribution in [0.25, 0.3) is 6.08 Å². The van der Waals surface area contributed by atoms with Crippen molar-refractivity contribution < 1.29 is 18.0 Å². The molecule has 11 heteroatoms. The Morgan fingerprint density at radius 1 is 1.23 bits per heavy atom. The molecule has 0 bridgehead atoms. The Balaban J connectivity index is 0.000000762. The second kappa shape index (κ2) is 14.1. The maximum absolute atomic E-state index is 12.0. The summed E-state index contributed by atoms with van der Waals surface area (Å²) < 4.78 is 33.2. The van der Waals surface area contributed by atoms with Gasteiger partial charge in [0.05, 0.1) is 17.0 Å². The summed E-state index contributed by atoms with van der Waals surface area (Å²) in [5.41, 5.74) is 14.1. The topological polar surface area (TPSA) is 154 Å². The van der Waals surface area contributed by atoms with Gasteiger partial charge in [-0.15, -0.1) is 0 Å². The molecule has 0 unspecified atom stereocenters. The molecule has 35 heavy (non-hydrogen) atoms. The first-order valence-corrected chi connectivity index (χ1v) is 10.5. The Morgan fingerprint density at radius 3 is 2.49 bits per heavy atom. The van der Waals surface area contributed by atoms with Crippen molar-refractivity contribution in [2.75, 3.05) is 11.1 Å². The molecule has 0 aliphatic rings. The number of hydrogen-bond acceptors (Lipinski definition) is 6. The third kappa shape index (κ3) is 10.9. The molecule has 1 heterocycles. The van der Waals surface area contributed by atoms with Gasteiger partial charge in [0.25, 0.3) is 5.91 Å². The smallest absolute Gasteiger partial charge is 0.389 e. The molecule has 0 atom stereocenters.